The largest absolute Gasteiger partial charge is 0.383 e. The van der Waals surface area contributed by atoms with Crippen LogP contribution in [0.1, 0.15) is 12.8 Å². The van der Waals surface area contributed by atoms with Crippen molar-refractivity contribution < 1.29 is 4.74 Å². The second kappa shape index (κ2) is 9.77. The molecule has 1 N–H and O–H groups in total. The van der Waals surface area contributed by atoms with Crippen LogP contribution in [0, 0.1) is 0 Å². The van der Waals surface area contributed by atoms with Gasteiger partial charge in [-0.15, -0.1) is 11.8 Å². The Bertz CT molecular complexity index is 309. The highest BCUT2D eigenvalue weighted by molar-refractivity contribution is 7.99. The predicted molar refractivity (Wildman–Crippen MR) is 76.2 cm³/mol. The molecule has 0 bridgehead atoms. The molecule has 2 nitrogen and oxygen atoms in total. The fourth-order valence-corrected chi connectivity index (χ4v) is 2.62. The zero-order valence-corrected chi connectivity index (χ0v) is 11.8. The Morgan fingerprint density at radius 2 is 2.18 bits per heavy atom. The van der Waals surface area contributed by atoms with E-state index < -0.39 is 0 Å². The van der Waals surface area contributed by atoms with E-state index in [-0.39, 0.29) is 0 Å². The highest BCUT2D eigenvalue weighted by atomic mass is 35.5. The lowest BCUT2D eigenvalue weighted by molar-refractivity contribution is 0.199. The number of hydrogen-bond acceptors (Lipinski definition) is 3. The molecule has 0 atom stereocenters. The minimum absolute atomic E-state index is 0.789. The van der Waals surface area contributed by atoms with Gasteiger partial charge in [0.2, 0.25) is 0 Å². The second-order valence-electron chi connectivity index (χ2n) is 3.76. The minimum atomic E-state index is 0.789. The standard InChI is InChI=1S/C13H20ClNOS/c1-16-9-8-15-7-2-3-10-17-13-6-4-5-12(14)11-13/h4-6,11,15H,2-3,7-10H2,1H3. The zero-order chi connectivity index (χ0) is 12.3. The SMILES string of the molecule is COCCNCCCCSc1cccc(Cl)c1. The highest BCUT2D eigenvalue weighted by Crippen LogP contribution is 2.22. The summed E-state index contributed by atoms with van der Waals surface area (Å²) in [5.41, 5.74) is 0. The van der Waals surface area contributed by atoms with Crippen molar-refractivity contribution in [1.82, 2.24) is 5.32 Å². The van der Waals surface area contributed by atoms with Crippen LogP contribution in [0.25, 0.3) is 0 Å². The molecule has 0 saturated heterocycles. The average molecular weight is 274 g/mol. The first kappa shape index (κ1) is 14.8. The van der Waals surface area contributed by atoms with Crippen LogP contribution in [-0.2, 0) is 4.74 Å². The van der Waals surface area contributed by atoms with Gasteiger partial charge in [0.15, 0.2) is 0 Å². The highest BCUT2D eigenvalue weighted by Gasteiger charge is 1.95. The van der Waals surface area contributed by atoms with Gasteiger partial charge in [-0.05, 0) is 43.3 Å². The molecule has 0 saturated carbocycles. The number of halogens is 1. The molecule has 0 fully saturated rings. The molecule has 0 aromatic heterocycles. The lowest BCUT2D eigenvalue weighted by Gasteiger charge is -2.04. The maximum atomic E-state index is 5.92. The first-order chi connectivity index (χ1) is 8.33. The number of hydrogen-bond donors (Lipinski definition) is 1. The summed E-state index contributed by atoms with van der Waals surface area (Å²) in [5, 5.41) is 4.15. The Kier molecular flexibility index (Phi) is 8.53. The third-order valence-corrected chi connectivity index (χ3v) is 3.61. The third kappa shape index (κ3) is 7.66. The van der Waals surface area contributed by atoms with E-state index in [1.165, 1.54) is 17.7 Å². The number of rotatable bonds is 9. The fraction of sp³-hybridized carbons (Fsp3) is 0.538. The molecule has 1 aromatic carbocycles. The summed E-state index contributed by atoms with van der Waals surface area (Å²) < 4.78 is 4.96. The van der Waals surface area contributed by atoms with Crippen LogP contribution in [-0.4, -0.2) is 32.6 Å². The molecule has 0 heterocycles. The van der Waals surface area contributed by atoms with Gasteiger partial charge in [0.1, 0.15) is 0 Å². The van der Waals surface area contributed by atoms with Gasteiger partial charge >= 0.3 is 0 Å². The summed E-state index contributed by atoms with van der Waals surface area (Å²) in [7, 11) is 1.73. The zero-order valence-electron chi connectivity index (χ0n) is 10.2. The van der Waals surface area contributed by atoms with Crippen LogP contribution < -0.4 is 5.32 Å². The lowest BCUT2D eigenvalue weighted by atomic mass is 10.3. The molecule has 0 aliphatic heterocycles. The van der Waals surface area contributed by atoms with Crippen molar-refractivity contribution in [3.8, 4) is 0 Å². The summed E-state index contributed by atoms with van der Waals surface area (Å²) in [6.07, 6.45) is 2.43. The van der Waals surface area contributed by atoms with Crippen LogP contribution in [0.3, 0.4) is 0 Å². The van der Waals surface area contributed by atoms with Crippen LogP contribution in [0.15, 0.2) is 29.2 Å². The topological polar surface area (TPSA) is 21.3 Å². The number of nitrogens with one attached hydrogen (secondary N) is 1. The van der Waals surface area contributed by atoms with E-state index in [4.69, 9.17) is 16.3 Å². The van der Waals surface area contributed by atoms with E-state index >= 15 is 0 Å². The minimum Gasteiger partial charge on any atom is -0.383 e. The number of ether oxygens (including phenoxy) is 1. The molecule has 96 valence electrons. The Morgan fingerprint density at radius 3 is 2.94 bits per heavy atom. The smallest absolute Gasteiger partial charge is 0.0587 e. The van der Waals surface area contributed by atoms with E-state index in [9.17, 15) is 0 Å². The van der Waals surface area contributed by atoms with Crippen molar-refractivity contribution in [3.05, 3.63) is 29.3 Å². The molecule has 0 unspecified atom stereocenters. The maximum absolute atomic E-state index is 5.92. The molecule has 17 heavy (non-hydrogen) atoms. The average Bonchev–Trinajstić information content (AvgIpc) is 2.33. The van der Waals surface area contributed by atoms with E-state index in [1.807, 2.05) is 30.0 Å². The van der Waals surface area contributed by atoms with Crippen molar-refractivity contribution in [1.29, 1.82) is 0 Å². The molecule has 0 aliphatic rings. The van der Waals surface area contributed by atoms with Crippen LogP contribution in [0.2, 0.25) is 5.02 Å². The van der Waals surface area contributed by atoms with Crippen LogP contribution >= 0.6 is 23.4 Å². The molecular formula is C13H20ClNOS. The van der Waals surface area contributed by atoms with Crippen molar-refractivity contribution in [3.63, 3.8) is 0 Å². The van der Waals surface area contributed by atoms with E-state index in [0.29, 0.717) is 0 Å². The summed E-state index contributed by atoms with van der Waals surface area (Å²) in [4.78, 5) is 1.25. The van der Waals surface area contributed by atoms with Crippen molar-refractivity contribution in [2.24, 2.45) is 0 Å². The number of unbranched alkanes of at least 4 members (excludes halogenated alkanes) is 1. The van der Waals surface area contributed by atoms with Gasteiger partial charge in [0.05, 0.1) is 6.61 Å². The maximum Gasteiger partial charge on any atom is 0.0587 e. The quantitative estimate of drug-likeness (QED) is 0.550. The molecule has 0 amide bonds. The monoisotopic (exact) mass is 273 g/mol. The van der Waals surface area contributed by atoms with Crippen molar-refractivity contribution >= 4 is 23.4 Å². The van der Waals surface area contributed by atoms with Gasteiger partial charge in [0, 0.05) is 23.6 Å². The Labute approximate surface area is 113 Å². The van der Waals surface area contributed by atoms with Crippen molar-refractivity contribution in [2.45, 2.75) is 17.7 Å². The molecule has 0 aliphatic carbocycles. The molecule has 0 radical (unpaired) electrons. The number of methoxy groups -OCH3 is 1. The Balaban J connectivity index is 1.97. The molecule has 1 rings (SSSR count). The molecule has 0 spiro atoms. The molecular weight excluding hydrogens is 254 g/mol. The lowest BCUT2D eigenvalue weighted by Crippen LogP contribution is -2.20. The van der Waals surface area contributed by atoms with Gasteiger partial charge < -0.3 is 10.1 Å². The van der Waals surface area contributed by atoms with Gasteiger partial charge in [-0.25, -0.2) is 0 Å². The summed E-state index contributed by atoms with van der Waals surface area (Å²) in [5.74, 6) is 1.15. The normalized spacial score (nSPS) is 10.7. The van der Waals surface area contributed by atoms with E-state index in [1.54, 1.807) is 7.11 Å². The fourth-order valence-electron chi connectivity index (χ4n) is 1.40. The van der Waals surface area contributed by atoms with Gasteiger partial charge in [0.25, 0.3) is 0 Å². The molecule has 1 aromatic rings. The van der Waals surface area contributed by atoms with Crippen LogP contribution in [0.5, 0.6) is 0 Å². The van der Waals surface area contributed by atoms with Crippen LogP contribution in [0.4, 0.5) is 0 Å². The first-order valence-corrected chi connectivity index (χ1v) is 7.27. The van der Waals surface area contributed by atoms with Gasteiger partial charge in [-0.3, -0.25) is 0 Å². The Hall–Kier alpha value is -0.220. The third-order valence-electron chi connectivity index (χ3n) is 2.30. The second-order valence-corrected chi connectivity index (χ2v) is 5.36. The molecule has 4 heteroatoms. The van der Waals surface area contributed by atoms with E-state index in [2.05, 4.69) is 11.4 Å². The van der Waals surface area contributed by atoms with E-state index in [0.717, 1.165) is 30.5 Å². The number of benzene rings is 1. The van der Waals surface area contributed by atoms with Gasteiger partial charge in [-0.2, -0.15) is 0 Å². The van der Waals surface area contributed by atoms with Gasteiger partial charge in [-0.1, -0.05) is 17.7 Å². The summed E-state index contributed by atoms with van der Waals surface area (Å²) >= 11 is 7.79. The summed E-state index contributed by atoms with van der Waals surface area (Å²) in [6.45, 7) is 2.80. The Morgan fingerprint density at radius 1 is 1.29 bits per heavy atom. The first-order valence-electron chi connectivity index (χ1n) is 5.91. The summed E-state index contributed by atoms with van der Waals surface area (Å²) in [6, 6.07) is 8.03. The number of thioether (sulfide) groups is 1. The predicted octanol–water partition coefficient (Wildman–Crippen LogP) is 3.45. The van der Waals surface area contributed by atoms with Crippen molar-refractivity contribution in [2.75, 3.05) is 32.6 Å².